The molecule has 246 valence electrons. The molecule has 3 rings (SSSR count). The molecule has 0 aromatic heterocycles. The van der Waals surface area contributed by atoms with Crippen LogP contribution in [0.4, 0.5) is 4.79 Å². The minimum atomic E-state index is -1.45. The molecular weight excluding hydrogens is 562 g/mol. The Morgan fingerprint density at radius 1 is 0.977 bits per heavy atom. The van der Waals surface area contributed by atoms with Crippen LogP contribution in [0.1, 0.15) is 74.7 Å². The van der Waals surface area contributed by atoms with Crippen LogP contribution in [-0.4, -0.2) is 109 Å². The maximum atomic E-state index is 13.9. The number of nitrogens with zero attached hydrogens (tertiary/aromatic N) is 1. The lowest BCUT2D eigenvalue weighted by atomic mass is 9.74. The van der Waals surface area contributed by atoms with E-state index in [1.807, 2.05) is 25.9 Å². The van der Waals surface area contributed by atoms with Crippen LogP contribution >= 0.6 is 0 Å². The van der Waals surface area contributed by atoms with Gasteiger partial charge in [-0.15, -0.1) is 0 Å². The molecule has 3 heterocycles. The van der Waals surface area contributed by atoms with Crippen LogP contribution in [0.2, 0.25) is 0 Å². The first-order valence-corrected chi connectivity index (χ1v) is 15.3. The molecule has 0 amide bonds. The number of ketones is 2. The zero-order chi connectivity index (χ0) is 32.6. The molecule has 0 bridgehead atoms. The van der Waals surface area contributed by atoms with Crippen molar-refractivity contribution in [2.45, 2.75) is 129 Å². The van der Waals surface area contributed by atoms with Crippen molar-refractivity contribution < 1.29 is 52.7 Å². The summed E-state index contributed by atoms with van der Waals surface area (Å²) in [5.41, 5.74) is -2.69. The predicted molar refractivity (Wildman–Crippen MR) is 154 cm³/mol. The Morgan fingerprint density at radius 3 is 2.16 bits per heavy atom. The van der Waals surface area contributed by atoms with Gasteiger partial charge in [-0.1, -0.05) is 27.7 Å². The lowest BCUT2D eigenvalue weighted by Crippen LogP contribution is -2.59. The number of carbonyl (C=O) groups is 4. The van der Waals surface area contributed by atoms with E-state index in [2.05, 4.69) is 0 Å². The lowest BCUT2D eigenvalue weighted by Gasteiger charge is -2.47. The number of rotatable bonds is 5. The molecule has 3 aliphatic heterocycles. The molecule has 13 atom stereocenters. The highest BCUT2D eigenvalue weighted by molar-refractivity contribution is 6.00. The van der Waals surface area contributed by atoms with Crippen molar-refractivity contribution in [2.24, 2.45) is 23.7 Å². The van der Waals surface area contributed by atoms with Crippen LogP contribution in [0.15, 0.2) is 0 Å². The topological polar surface area (TPSA) is 147 Å². The molecule has 1 N–H and O–H groups in total. The fraction of sp³-hybridized carbons (Fsp3) is 0.871. The molecule has 3 aliphatic rings. The number of fused-ring (bicyclic) bond motifs is 1. The molecule has 0 radical (unpaired) electrons. The molecule has 0 aromatic carbocycles. The van der Waals surface area contributed by atoms with Crippen molar-refractivity contribution >= 4 is 23.7 Å². The number of carbonyl (C=O) groups excluding carboxylic acids is 4. The summed E-state index contributed by atoms with van der Waals surface area (Å²) in [6.45, 7) is 13.5. The average Bonchev–Trinajstić information content (AvgIpc) is 3.27. The van der Waals surface area contributed by atoms with E-state index in [-0.39, 0.29) is 30.8 Å². The van der Waals surface area contributed by atoms with Gasteiger partial charge in [0.25, 0.3) is 0 Å². The molecule has 12 heteroatoms. The first kappa shape index (κ1) is 35.4. The van der Waals surface area contributed by atoms with E-state index in [1.54, 1.807) is 41.5 Å². The van der Waals surface area contributed by atoms with Crippen molar-refractivity contribution in [1.29, 1.82) is 0 Å². The summed E-state index contributed by atoms with van der Waals surface area (Å²) >= 11 is 0. The third-order valence-corrected chi connectivity index (χ3v) is 9.77. The van der Waals surface area contributed by atoms with Gasteiger partial charge in [0.15, 0.2) is 23.8 Å². The molecule has 0 saturated carbocycles. The minimum absolute atomic E-state index is 0.124. The number of Topliss-reactive ketones (excluding diaryl/α,β-unsaturated/α-hetero) is 2. The third-order valence-electron chi connectivity index (χ3n) is 9.77. The van der Waals surface area contributed by atoms with Crippen LogP contribution in [0.3, 0.4) is 0 Å². The molecule has 0 spiro atoms. The third kappa shape index (κ3) is 6.93. The smallest absolute Gasteiger partial charge is 0.457 e. The Labute approximate surface area is 255 Å². The number of cyclic esters (lactones) is 1. The summed E-state index contributed by atoms with van der Waals surface area (Å²) in [6, 6.07) is -0.265. The van der Waals surface area contributed by atoms with Crippen molar-refractivity contribution in [1.82, 2.24) is 4.90 Å². The van der Waals surface area contributed by atoms with E-state index < -0.39 is 83.5 Å². The summed E-state index contributed by atoms with van der Waals surface area (Å²) in [6.07, 6.45) is -5.42. The van der Waals surface area contributed by atoms with Crippen LogP contribution in [0.5, 0.6) is 0 Å². The zero-order valence-corrected chi connectivity index (χ0v) is 27.4. The van der Waals surface area contributed by atoms with Crippen molar-refractivity contribution in [3.63, 3.8) is 0 Å². The molecule has 43 heavy (non-hydrogen) atoms. The average molecular weight is 614 g/mol. The van der Waals surface area contributed by atoms with E-state index in [0.717, 1.165) is 0 Å². The largest absolute Gasteiger partial charge is 0.509 e. The minimum Gasteiger partial charge on any atom is -0.457 e. The van der Waals surface area contributed by atoms with Crippen LogP contribution in [0.25, 0.3) is 0 Å². The van der Waals surface area contributed by atoms with Gasteiger partial charge in [0.05, 0.1) is 23.7 Å². The van der Waals surface area contributed by atoms with Gasteiger partial charge in [-0.05, 0) is 61.1 Å². The SMILES string of the molecule is CC[C@H]1OC(=O)[C@H](C)C(=O)[C@H](C)[C@@H](O[C@@H]2O[C@H](C)C[C@H](N(C)C)[C@H]2O)[C@](C)(OC)C[C@@H](C)C(=O)[C@@H](C)[C@H]2OC(=O)O[C@@]21C. The first-order chi connectivity index (χ1) is 19.9. The Kier molecular flexibility index (Phi) is 11.1. The van der Waals surface area contributed by atoms with Crippen LogP contribution in [0, 0.1) is 23.7 Å². The van der Waals surface area contributed by atoms with E-state index in [9.17, 15) is 24.3 Å². The summed E-state index contributed by atoms with van der Waals surface area (Å²) in [5, 5.41) is 11.2. The summed E-state index contributed by atoms with van der Waals surface area (Å²) in [4.78, 5) is 55.5. The number of ether oxygens (including phenoxy) is 6. The normalized spacial score (nSPS) is 45.2. The van der Waals surface area contributed by atoms with Gasteiger partial charge >= 0.3 is 12.1 Å². The second-order valence-corrected chi connectivity index (χ2v) is 13.3. The standard InChI is InChI=1S/C31H51NO11/c1-12-21-31(8)26(42-29(37)43-31)17(4)22(33)15(2)14-30(7,38-11)25(18(5)23(34)19(6)27(36)40-21)41-28-24(35)20(32(9)10)13-16(3)39-28/h15-21,24-26,28,35H,12-14H2,1-11H3/t15-,16-,17-,18+,19-,20+,21-,24-,25-,26-,28+,30-,31-/m1/s1. The fourth-order valence-corrected chi connectivity index (χ4v) is 7.05. The molecule has 3 saturated heterocycles. The van der Waals surface area contributed by atoms with Gasteiger partial charge < -0.3 is 38.4 Å². The van der Waals surface area contributed by atoms with Gasteiger partial charge in [0.2, 0.25) is 0 Å². The maximum Gasteiger partial charge on any atom is 0.509 e. The summed E-state index contributed by atoms with van der Waals surface area (Å²) in [7, 11) is 5.19. The Hall–Kier alpha value is -2.12. The predicted octanol–water partition coefficient (Wildman–Crippen LogP) is 2.90. The highest BCUT2D eigenvalue weighted by atomic mass is 16.8. The van der Waals surface area contributed by atoms with Crippen LogP contribution < -0.4 is 0 Å². The Balaban J connectivity index is 2.09. The van der Waals surface area contributed by atoms with Gasteiger partial charge in [-0.2, -0.15) is 0 Å². The van der Waals surface area contributed by atoms with Gasteiger partial charge in [-0.3, -0.25) is 14.4 Å². The van der Waals surface area contributed by atoms with Crippen LogP contribution in [-0.2, 0) is 42.8 Å². The lowest BCUT2D eigenvalue weighted by molar-refractivity contribution is -0.295. The van der Waals surface area contributed by atoms with Crippen molar-refractivity contribution in [3.05, 3.63) is 0 Å². The molecule has 0 unspecified atom stereocenters. The highest BCUT2D eigenvalue weighted by Gasteiger charge is 2.59. The Bertz CT molecular complexity index is 1050. The van der Waals surface area contributed by atoms with Crippen molar-refractivity contribution in [3.8, 4) is 0 Å². The highest BCUT2D eigenvalue weighted by Crippen LogP contribution is 2.41. The molecule has 12 nitrogen and oxygen atoms in total. The monoisotopic (exact) mass is 613 g/mol. The Morgan fingerprint density at radius 2 is 1.60 bits per heavy atom. The molecular formula is C31H51NO11. The maximum absolute atomic E-state index is 13.9. The zero-order valence-electron chi connectivity index (χ0n) is 27.4. The van der Waals surface area contributed by atoms with Gasteiger partial charge in [0.1, 0.15) is 23.9 Å². The molecule has 0 aliphatic carbocycles. The quantitative estimate of drug-likeness (QED) is 0.359. The number of likely N-dealkylation sites (N-methyl/N-ethyl adjacent to an activating group) is 1. The fourth-order valence-electron chi connectivity index (χ4n) is 7.05. The number of aliphatic hydroxyl groups is 1. The summed E-state index contributed by atoms with van der Waals surface area (Å²) in [5.74, 6) is -5.09. The number of aliphatic hydroxyl groups excluding tert-OH is 1. The first-order valence-electron chi connectivity index (χ1n) is 15.3. The van der Waals surface area contributed by atoms with E-state index >= 15 is 0 Å². The number of hydrogen-bond donors (Lipinski definition) is 1. The van der Waals surface area contributed by atoms with E-state index in [4.69, 9.17) is 28.4 Å². The van der Waals surface area contributed by atoms with Gasteiger partial charge in [0, 0.05) is 25.0 Å². The molecule has 0 aromatic rings. The van der Waals surface area contributed by atoms with Crippen molar-refractivity contribution in [2.75, 3.05) is 21.2 Å². The summed E-state index contributed by atoms with van der Waals surface area (Å²) < 4.78 is 35.4. The number of methoxy groups -OCH3 is 1. The number of hydrogen-bond acceptors (Lipinski definition) is 12. The van der Waals surface area contributed by atoms with E-state index in [0.29, 0.717) is 6.42 Å². The second-order valence-electron chi connectivity index (χ2n) is 13.3. The van der Waals surface area contributed by atoms with Gasteiger partial charge in [-0.25, -0.2) is 4.79 Å². The number of esters is 1. The second kappa shape index (κ2) is 13.5. The molecule has 3 fully saturated rings. The van der Waals surface area contributed by atoms with E-state index in [1.165, 1.54) is 14.0 Å².